The molecule has 0 aromatic heterocycles. The van der Waals surface area contributed by atoms with Gasteiger partial charge in [0.15, 0.2) is 6.21 Å². The summed E-state index contributed by atoms with van der Waals surface area (Å²) < 4.78 is 1.61. The van der Waals surface area contributed by atoms with Crippen LogP contribution in [0.25, 0.3) is 0 Å². The Bertz CT molecular complexity index is 640. The van der Waals surface area contributed by atoms with Crippen LogP contribution >= 0.6 is 0 Å². The van der Waals surface area contributed by atoms with Gasteiger partial charge in [0.25, 0.3) is 0 Å². The van der Waals surface area contributed by atoms with E-state index in [0.29, 0.717) is 39.0 Å². The molecule has 4 N–H and O–H groups in total. The van der Waals surface area contributed by atoms with Crippen molar-refractivity contribution in [3.05, 3.63) is 0 Å². The zero-order valence-corrected chi connectivity index (χ0v) is 17.0. The minimum Gasteiger partial charge on any atom is -0.480 e. The third kappa shape index (κ3) is 12.1. The number of aliphatic carboxylic acids is 4. The van der Waals surface area contributed by atoms with Gasteiger partial charge in [-0.1, -0.05) is 0 Å². The Hall–Kier alpha value is -2.57. The average Bonchev–Trinajstić information content (AvgIpc) is 2.61. The second-order valence-electron chi connectivity index (χ2n) is 7.22. The maximum Gasteiger partial charge on any atom is 0.369 e. The fourth-order valence-electron chi connectivity index (χ4n) is 3.20. The maximum absolute atomic E-state index is 11.2. The standard InChI is InChI=1S/C18H30N4O8/c23-15(24)11-19-3-1-2-4-20(12-16(25)26)6-8-22(14-18(29)30)10-9-21(7-5-19)13-17(27)28/h5H,1-4,6-14H2,(H3-,23,24,25,26,27,28,29,30)/p+1/b19-5+. The van der Waals surface area contributed by atoms with Crippen LogP contribution in [0, 0.1) is 0 Å². The third-order valence-electron chi connectivity index (χ3n) is 4.65. The maximum atomic E-state index is 11.2. The quantitative estimate of drug-likeness (QED) is 0.318. The van der Waals surface area contributed by atoms with Gasteiger partial charge in [0, 0.05) is 32.6 Å². The van der Waals surface area contributed by atoms with Crippen LogP contribution < -0.4 is 0 Å². The highest BCUT2D eigenvalue weighted by atomic mass is 16.4. The summed E-state index contributed by atoms with van der Waals surface area (Å²) in [4.78, 5) is 49.6. The van der Waals surface area contributed by atoms with Crippen LogP contribution in [0.1, 0.15) is 12.8 Å². The van der Waals surface area contributed by atoms with E-state index in [2.05, 4.69) is 0 Å². The molecule has 1 aliphatic heterocycles. The van der Waals surface area contributed by atoms with Gasteiger partial charge in [0.1, 0.15) is 6.54 Å². The summed E-state index contributed by atoms with van der Waals surface area (Å²) in [6.07, 6.45) is 2.94. The normalized spacial score (nSPS) is 20.6. The number of carbonyl (C=O) groups is 4. The Morgan fingerprint density at radius 3 is 1.63 bits per heavy atom. The van der Waals surface area contributed by atoms with E-state index in [1.165, 1.54) is 0 Å². The third-order valence-corrected chi connectivity index (χ3v) is 4.65. The van der Waals surface area contributed by atoms with Gasteiger partial charge in [0.05, 0.1) is 26.2 Å². The van der Waals surface area contributed by atoms with Gasteiger partial charge in [-0.15, -0.1) is 0 Å². The lowest BCUT2D eigenvalue weighted by atomic mass is 10.2. The van der Waals surface area contributed by atoms with E-state index in [4.69, 9.17) is 20.4 Å². The highest BCUT2D eigenvalue weighted by Crippen LogP contribution is 2.01. The molecule has 1 heterocycles. The van der Waals surface area contributed by atoms with Crippen LogP contribution in [0.4, 0.5) is 0 Å². The van der Waals surface area contributed by atoms with E-state index >= 15 is 0 Å². The summed E-state index contributed by atoms with van der Waals surface area (Å²) in [6, 6.07) is 0. The van der Waals surface area contributed by atoms with Crippen LogP contribution in [0.5, 0.6) is 0 Å². The molecule has 30 heavy (non-hydrogen) atoms. The second-order valence-corrected chi connectivity index (χ2v) is 7.22. The van der Waals surface area contributed by atoms with Gasteiger partial charge in [-0.05, 0) is 13.0 Å². The number of nitrogens with zero attached hydrogens (tertiary/aromatic N) is 4. The van der Waals surface area contributed by atoms with Gasteiger partial charge in [-0.2, -0.15) is 0 Å². The first-order chi connectivity index (χ1) is 14.2. The van der Waals surface area contributed by atoms with Crippen molar-refractivity contribution in [1.29, 1.82) is 0 Å². The van der Waals surface area contributed by atoms with E-state index < -0.39 is 23.9 Å². The van der Waals surface area contributed by atoms with E-state index in [9.17, 15) is 19.2 Å². The van der Waals surface area contributed by atoms with Gasteiger partial charge in [-0.25, -0.2) is 9.37 Å². The monoisotopic (exact) mass is 431 g/mol. The predicted molar refractivity (Wildman–Crippen MR) is 105 cm³/mol. The van der Waals surface area contributed by atoms with E-state index in [0.717, 1.165) is 0 Å². The smallest absolute Gasteiger partial charge is 0.369 e. The molecule has 170 valence electrons. The Morgan fingerprint density at radius 2 is 1.13 bits per heavy atom. The predicted octanol–water partition coefficient (Wildman–Crippen LogP) is -1.89. The molecule has 0 spiro atoms. The number of rotatable bonds is 8. The molecule has 0 amide bonds. The van der Waals surface area contributed by atoms with E-state index in [1.54, 1.807) is 25.5 Å². The lowest BCUT2D eigenvalue weighted by Gasteiger charge is -2.28. The largest absolute Gasteiger partial charge is 0.480 e. The SMILES string of the molecule is O=C(O)CN1C/C=[N+](/CC(=O)O)CCCCN(CC(=O)O)CCN(CC(=O)O)CC1. The fraction of sp³-hybridized carbons (Fsp3) is 0.722. The first-order valence-electron chi connectivity index (χ1n) is 9.77. The summed E-state index contributed by atoms with van der Waals surface area (Å²) in [7, 11) is 0. The molecule has 1 aliphatic rings. The zero-order chi connectivity index (χ0) is 22.5. The average molecular weight is 431 g/mol. The highest BCUT2D eigenvalue weighted by Gasteiger charge is 2.19. The van der Waals surface area contributed by atoms with Crippen molar-refractivity contribution in [2.24, 2.45) is 0 Å². The minimum atomic E-state index is -1.04. The second kappa shape index (κ2) is 13.6. The molecule has 0 saturated heterocycles. The molecule has 0 fully saturated rings. The van der Waals surface area contributed by atoms with Crippen molar-refractivity contribution in [2.75, 3.05) is 72.0 Å². The van der Waals surface area contributed by atoms with E-state index in [-0.39, 0.29) is 45.8 Å². The van der Waals surface area contributed by atoms with E-state index in [1.807, 2.05) is 0 Å². The molecular weight excluding hydrogens is 400 g/mol. The van der Waals surface area contributed by atoms with Crippen molar-refractivity contribution in [1.82, 2.24) is 14.7 Å². The number of carboxylic acids is 4. The summed E-state index contributed by atoms with van der Waals surface area (Å²) in [5.41, 5.74) is 0. The molecule has 0 aromatic rings. The van der Waals surface area contributed by atoms with Crippen LogP contribution in [-0.4, -0.2) is 142 Å². The van der Waals surface area contributed by atoms with Gasteiger partial charge >= 0.3 is 23.9 Å². The summed E-state index contributed by atoms with van der Waals surface area (Å²) >= 11 is 0. The van der Waals surface area contributed by atoms with Crippen molar-refractivity contribution in [2.45, 2.75) is 12.8 Å². The molecular formula is C18H31N4O8+. The Kier molecular flexibility index (Phi) is 11.6. The fourth-order valence-corrected chi connectivity index (χ4v) is 3.20. The lowest BCUT2D eigenvalue weighted by molar-refractivity contribution is -0.515. The van der Waals surface area contributed by atoms with Gasteiger partial charge < -0.3 is 20.4 Å². The van der Waals surface area contributed by atoms with Crippen LogP contribution in [0.2, 0.25) is 0 Å². The summed E-state index contributed by atoms with van der Waals surface area (Å²) in [6.45, 7) is 1.56. The van der Waals surface area contributed by atoms with Crippen LogP contribution in [-0.2, 0) is 19.2 Å². The zero-order valence-electron chi connectivity index (χ0n) is 17.0. The molecule has 0 atom stereocenters. The van der Waals surface area contributed by atoms with Crippen molar-refractivity contribution in [3.63, 3.8) is 0 Å². The minimum absolute atomic E-state index is 0.170. The summed E-state index contributed by atoms with van der Waals surface area (Å²) in [5, 5.41) is 36.5. The first kappa shape index (κ1) is 25.5. The molecule has 12 heteroatoms. The Morgan fingerprint density at radius 1 is 0.667 bits per heavy atom. The molecule has 0 bridgehead atoms. The number of hydrogen-bond acceptors (Lipinski definition) is 7. The molecule has 0 saturated carbocycles. The molecule has 0 aliphatic carbocycles. The molecule has 0 aromatic carbocycles. The highest BCUT2D eigenvalue weighted by molar-refractivity contribution is 5.71. The topological polar surface area (TPSA) is 162 Å². The lowest BCUT2D eigenvalue weighted by Crippen LogP contribution is -2.45. The van der Waals surface area contributed by atoms with Gasteiger partial charge in [0.2, 0.25) is 6.54 Å². The first-order valence-corrected chi connectivity index (χ1v) is 9.77. The van der Waals surface area contributed by atoms with Crippen molar-refractivity contribution >= 4 is 30.1 Å². The molecule has 12 nitrogen and oxygen atoms in total. The Balaban J connectivity index is 2.99. The molecule has 1 rings (SSSR count). The molecule has 0 radical (unpaired) electrons. The van der Waals surface area contributed by atoms with Crippen molar-refractivity contribution < 1.29 is 44.2 Å². The van der Waals surface area contributed by atoms with Crippen molar-refractivity contribution in [3.8, 4) is 0 Å². The van der Waals surface area contributed by atoms with Crippen LogP contribution in [0.15, 0.2) is 0 Å². The number of carboxylic acid groups (broad SMARTS) is 4. The number of hydrogen-bond donors (Lipinski definition) is 4. The summed E-state index contributed by atoms with van der Waals surface area (Å²) in [5.74, 6) is -4.04. The van der Waals surface area contributed by atoms with Crippen LogP contribution in [0.3, 0.4) is 0 Å². The Labute approximate surface area is 174 Å². The molecule has 0 unspecified atom stereocenters. The van der Waals surface area contributed by atoms with Gasteiger partial charge in [-0.3, -0.25) is 29.1 Å².